The SMILES string of the molecule is C#Cc1ccc(-c2ncnc(-c3ccc(C#C)cn3)n2)cc1. The molecule has 22 heavy (non-hydrogen) atoms. The summed E-state index contributed by atoms with van der Waals surface area (Å²) >= 11 is 0. The quantitative estimate of drug-likeness (QED) is 0.678. The van der Waals surface area contributed by atoms with Gasteiger partial charge in [0.2, 0.25) is 0 Å². The highest BCUT2D eigenvalue weighted by molar-refractivity contribution is 5.59. The fourth-order valence-electron chi connectivity index (χ4n) is 1.89. The lowest BCUT2D eigenvalue weighted by atomic mass is 10.1. The van der Waals surface area contributed by atoms with E-state index in [-0.39, 0.29) is 0 Å². The Labute approximate surface area is 128 Å². The van der Waals surface area contributed by atoms with Crippen LogP contribution in [0.2, 0.25) is 0 Å². The smallest absolute Gasteiger partial charge is 0.181 e. The largest absolute Gasteiger partial charge is 0.252 e. The van der Waals surface area contributed by atoms with E-state index in [1.807, 2.05) is 24.3 Å². The first-order valence-electron chi connectivity index (χ1n) is 6.49. The molecule has 3 aromatic rings. The zero-order chi connectivity index (χ0) is 15.4. The van der Waals surface area contributed by atoms with Crippen LogP contribution in [0.4, 0.5) is 0 Å². The van der Waals surface area contributed by atoms with Crippen molar-refractivity contribution in [3.05, 3.63) is 60.0 Å². The highest BCUT2D eigenvalue weighted by atomic mass is 15.0. The molecule has 0 saturated heterocycles. The van der Waals surface area contributed by atoms with Crippen LogP contribution in [0.3, 0.4) is 0 Å². The van der Waals surface area contributed by atoms with Gasteiger partial charge < -0.3 is 0 Å². The molecule has 0 N–H and O–H groups in total. The number of terminal acetylenes is 2. The summed E-state index contributed by atoms with van der Waals surface area (Å²) in [6, 6.07) is 11.0. The summed E-state index contributed by atoms with van der Waals surface area (Å²) in [6.07, 6.45) is 13.7. The first-order valence-corrected chi connectivity index (χ1v) is 6.49. The molecule has 2 heterocycles. The summed E-state index contributed by atoms with van der Waals surface area (Å²) < 4.78 is 0. The number of hydrogen-bond donors (Lipinski definition) is 0. The zero-order valence-electron chi connectivity index (χ0n) is 11.6. The zero-order valence-corrected chi connectivity index (χ0v) is 11.6. The van der Waals surface area contributed by atoms with Crippen molar-refractivity contribution in [2.24, 2.45) is 0 Å². The number of hydrogen-bond acceptors (Lipinski definition) is 4. The van der Waals surface area contributed by atoms with Crippen LogP contribution in [0.25, 0.3) is 22.9 Å². The first kappa shape index (κ1) is 13.5. The summed E-state index contributed by atoms with van der Waals surface area (Å²) in [6.45, 7) is 0. The molecule has 0 fully saturated rings. The Morgan fingerprint density at radius 3 is 2.05 bits per heavy atom. The van der Waals surface area contributed by atoms with Gasteiger partial charge in [0.05, 0.1) is 0 Å². The van der Waals surface area contributed by atoms with Crippen molar-refractivity contribution in [1.29, 1.82) is 0 Å². The van der Waals surface area contributed by atoms with Crippen molar-refractivity contribution in [2.45, 2.75) is 0 Å². The second-order valence-electron chi connectivity index (χ2n) is 4.43. The lowest BCUT2D eigenvalue weighted by Gasteiger charge is -2.03. The van der Waals surface area contributed by atoms with Gasteiger partial charge in [-0.2, -0.15) is 0 Å². The summed E-state index contributed by atoms with van der Waals surface area (Å²) in [5.41, 5.74) is 3.03. The molecule has 0 atom stereocenters. The maximum atomic E-state index is 5.35. The minimum Gasteiger partial charge on any atom is -0.252 e. The molecule has 0 radical (unpaired) electrons. The number of rotatable bonds is 2. The molecule has 1 aromatic carbocycles. The van der Waals surface area contributed by atoms with Crippen LogP contribution >= 0.6 is 0 Å². The molecule has 4 nitrogen and oxygen atoms in total. The summed E-state index contributed by atoms with van der Waals surface area (Å²) in [7, 11) is 0. The van der Waals surface area contributed by atoms with Gasteiger partial charge in [-0.05, 0) is 36.4 Å². The summed E-state index contributed by atoms with van der Waals surface area (Å²) in [5, 5.41) is 0. The molecule has 102 valence electrons. The molecule has 3 rings (SSSR count). The van der Waals surface area contributed by atoms with Crippen LogP contribution in [-0.2, 0) is 0 Å². The van der Waals surface area contributed by atoms with Crippen molar-refractivity contribution < 1.29 is 0 Å². The van der Waals surface area contributed by atoms with Crippen LogP contribution in [0, 0.1) is 24.7 Å². The Hall–Kier alpha value is -3.50. The van der Waals surface area contributed by atoms with E-state index in [0.29, 0.717) is 22.9 Å². The van der Waals surface area contributed by atoms with Crippen LogP contribution < -0.4 is 0 Å². The molecule has 0 aliphatic heterocycles. The minimum absolute atomic E-state index is 0.495. The van der Waals surface area contributed by atoms with Gasteiger partial charge in [0.1, 0.15) is 12.0 Å². The van der Waals surface area contributed by atoms with Crippen molar-refractivity contribution in [3.63, 3.8) is 0 Å². The van der Waals surface area contributed by atoms with E-state index in [1.54, 1.807) is 18.3 Å². The molecule has 0 bridgehead atoms. The predicted molar refractivity (Wildman–Crippen MR) is 84.4 cm³/mol. The highest BCUT2D eigenvalue weighted by Gasteiger charge is 2.07. The molecule has 0 aliphatic carbocycles. The fourth-order valence-corrected chi connectivity index (χ4v) is 1.89. The Morgan fingerprint density at radius 1 is 0.727 bits per heavy atom. The number of aromatic nitrogens is 4. The minimum atomic E-state index is 0.495. The highest BCUT2D eigenvalue weighted by Crippen LogP contribution is 2.18. The second kappa shape index (κ2) is 5.87. The normalized spacial score (nSPS) is 9.73. The van der Waals surface area contributed by atoms with Crippen molar-refractivity contribution >= 4 is 0 Å². The van der Waals surface area contributed by atoms with E-state index >= 15 is 0 Å². The average molecular weight is 282 g/mol. The molecule has 0 amide bonds. The topological polar surface area (TPSA) is 51.6 Å². The van der Waals surface area contributed by atoms with Gasteiger partial charge in [0, 0.05) is 22.9 Å². The van der Waals surface area contributed by atoms with Gasteiger partial charge in [0.15, 0.2) is 11.6 Å². The van der Waals surface area contributed by atoms with Gasteiger partial charge in [-0.1, -0.05) is 11.8 Å². The molecule has 0 unspecified atom stereocenters. The van der Waals surface area contributed by atoms with Crippen LogP contribution in [0.5, 0.6) is 0 Å². The van der Waals surface area contributed by atoms with E-state index in [0.717, 1.165) is 11.1 Å². The van der Waals surface area contributed by atoms with Gasteiger partial charge in [-0.25, -0.2) is 15.0 Å². The third-order valence-electron chi connectivity index (χ3n) is 3.04. The van der Waals surface area contributed by atoms with Crippen molar-refractivity contribution in [2.75, 3.05) is 0 Å². The summed E-state index contributed by atoms with van der Waals surface area (Å²) in [5.74, 6) is 6.16. The van der Waals surface area contributed by atoms with Crippen molar-refractivity contribution in [3.8, 4) is 47.6 Å². The Kier molecular flexibility index (Phi) is 3.59. The molecular formula is C18H10N4. The number of benzene rings is 1. The third-order valence-corrected chi connectivity index (χ3v) is 3.04. The second-order valence-corrected chi connectivity index (χ2v) is 4.43. The van der Waals surface area contributed by atoms with Gasteiger partial charge >= 0.3 is 0 Å². The lowest BCUT2D eigenvalue weighted by molar-refractivity contribution is 1.05. The van der Waals surface area contributed by atoms with Crippen LogP contribution in [0.15, 0.2) is 48.9 Å². The van der Waals surface area contributed by atoms with Crippen LogP contribution in [-0.4, -0.2) is 19.9 Å². The van der Waals surface area contributed by atoms with Crippen LogP contribution in [0.1, 0.15) is 11.1 Å². The maximum absolute atomic E-state index is 5.35. The number of pyridine rings is 1. The Bertz CT molecular complexity index is 809. The van der Waals surface area contributed by atoms with E-state index < -0.39 is 0 Å². The van der Waals surface area contributed by atoms with E-state index in [4.69, 9.17) is 12.8 Å². The first-order chi connectivity index (χ1) is 10.8. The Balaban J connectivity index is 1.98. The maximum Gasteiger partial charge on any atom is 0.181 e. The molecule has 4 heteroatoms. The average Bonchev–Trinajstić information content (AvgIpc) is 2.62. The van der Waals surface area contributed by atoms with E-state index in [9.17, 15) is 0 Å². The lowest BCUT2D eigenvalue weighted by Crippen LogP contribution is -1.96. The molecule has 0 saturated carbocycles. The molecule has 0 spiro atoms. The summed E-state index contributed by atoms with van der Waals surface area (Å²) in [4.78, 5) is 17.0. The Morgan fingerprint density at radius 2 is 1.41 bits per heavy atom. The van der Waals surface area contributed by atoms with E-state index in [2.05, 4.69) is 31.8 Å². The standard InChI is InChI=1S/C18H10N4/c1-3-13-5-8-15(9-6-13)17-20-12-21-18(22-17)16-10-7-14(4-2)11-19-16/h1-2,5-12H. The molecule has 0 aliphatic rings. The predicted octanol–water partition coefficient (Wildman–Crippen LogP) is 2.56. The third kappa shape index (κ3) is 2.67. The molecular weight excluding hydrogens is 272 g/mol. The van der Waals surface area contributed by atoms with E-state index in [1.165, 1.54) is 6.33 Å². The molecule has 2 aromatic heterocycles. The number of nitrogens with zero attached hydrogens (tertiary/aromatic N) is 4. The van der Waals surface area contributed by atoms with Gasteiger partial charge in [-0.3, -0.25) is 4.98 Å². The van der Waals surface area contributed by atoms with Crippen molar-refractivity contribution in [1.82, 2.24) is 19.9 Å². The van der Waals surface area contributed by atoms with Gasteiger partial charge in [-0.15, -0.1) is 12.8 Å². The fraction of sp³-hybridized carbons (Fsp3) is 0. The van der Waals surface area contributed by atoms with Gasteiger partial charge in [0.25, 0.3) is 0 Å². The monoisotopic (exact) mass is 282 g/mol.